The molecule has 1 amide bonds. The highest BCUT2D eigenvalue weighted by molar-refractivity contribution is 8.00. The fourth-order valence-electron chi connectivity index (χ4n) is 2.58. The Morgan fingerprint density at radius 1 is 1.52 bits per heavy atom. The third-order valence-electron chi connectivity index (χ3n) is 3.86. The first-order chi connectivity index (χ1) is 9.98. The first kappa shape index (κ1) is 14.7. The van der Waals surface area contributed by atoms with Gasteiger partial charge >= 0.3 is 0 Å². The van der Waals surface area contributed by atoms with Crippen LogP contribution in [0.1, 0.15) is 35.1 Å². The standard InChI is InChI=1S/C15H19N3OS2/c1-9-4-5-10-11(16)12(21-14(10)18-9)13(19)17-8-15(2)6-3-7-20-15/h4-5H,3,6-8,16H2,1-2H3,(H,17,19). The highest BCUT2D eigenvalue weighted by atomic mass is 32.2. The lowest BCUT2D eigenvalue weighted by Crippen LogP contribution is -2.36. The van der Waals surface area contributed by atoms with Gasteiger partial charge in [0.05, 0.1) is 5.69 Å². The zero-order valence-corrected chi connectivity index (χ0v) is 13.9. The van der Waals surface area contributed by atoms with E-state index in [0.29, 0.717) is 17.1 Å². The van der Waals surface area contributed by atoms with Gasteiger partial charge in [-0.3, -0.25) is 4.79 Å². The highest BCUT2D eigenvalue weighted by Crippen LogP contribution is 2.37. The molecule has 6 heteroatoms. The summed E-state index contributed by atoms with van der Waals surface area (Å²) in [5.74, 6) is 1.10. The highest BCUT2D eigenvalue weighted by Gasteiger charge is 2.30. The van der Waals surface area contributed by atoms with E-state index in [1.807, 2.05) is 30.8 Å². The largest absolute Gasteiger partial charge is 0.397 e. The quantitative estimate of drug-likeness (QED) is 0.911. The van der Waals surface area contributed by atoms with Crippen molar-refractivity contribution in [3.63, 3.8) is 0 Å². The molecule has 3 rings (SSSR count). The summed E-state index contributed by atoms with van der Waals surface area (Å²) in [4.78, 5) is 18.3. The third kappa shape index (κ3) is 2.87. The number of nitrogens with one attached hydrogen (secondary N) is 1. The second kappa shape index (κ2) is 5.50. The molecule has 1 saturated heterocycles. The number of nitrogens with zero attached hydrogens (tertiary/aromatic N) is 1. The number of pyridine rings is 1. The number of amides is 1. The molecule has 0 radical (unpaired) electrons. The maximum Gasteiger partial charge on any atom is 0.263 e. The summed E-state index contributed by atoms with van der Waals surface area (Å²) in [7, 11) is 0. The van der Waals surface area contributed by atoms with Crippen molar-refractivity contribution in [1.82, 2.24) is 10.3 Å². The van der Waals surface area contributed by atoms with Crippen molar-refractivity contribution in [1.29, 1.82) is 0 Å². The number of hydrogen-bond donors (Lipinski definition) is 2. The second-order valence-corrected chi connectivity index (χ2v) is 8.42. The fourth-order valence-corrected chi connectivity index (χ4v) is 4.88. The van der Waals surface area contributed by atoms with E-state index in [4.69, 9.17) is 5.73 Å². The molecule has 4 nitrogen and oxygen atoms in total. The normalized spacial score (nSPS) is 21.8. The average Bonchev–Trinajstić information content (AvgIpc) is 3.01. The first-order valence-corrected chi connectivity index (χ1v) is 8.86. The van der Waals surface area contributed by atoms with Gasteiger partial charge in [0.15, 0.2) is 0 Å². The number of thioether (sulfide) groups is 1. The van der Waals surface area contributed by atoms with Crippen molar-refractivity contribution >= 4 is 44.9 Å². The Bertz CT molecular complexity index is 690. The number of carbonyl (C=O) groups excluding carboxylic acids is 1. The van der Waals surface area contributed by atoms with Gasteiger partial charge in [0, 0.05) is 22.4 Å². The van der Waals surface area contributed by atoms with Crippen LogP contribution in [0, 0.1) is 6.92 Å². The lowest BCUT2D eigenvalue weighted by atomic mass is 10.1. The van der Waals surface area contributed by atoms with Crippen LogP contribution >= 0.6 is 23.1 Å². The molecular formula is C15H19N3OS2. The lowest BCUT2D eigenvalue weighted by Gasteiger charge is -2.22. The number of aryl methyl sites for hydroxylation is 1. The number of carbonyl (C=O) groups is 1. The van der Waals surface area contributed by atoms with Gasteiger partial charge in [0.1, 0.15) is 9.71 Å². The number of fused-ring (bicyclic) bond motifs is 1. The monoisotopic (exact) mass is 321 g/mol. The van der Waals surface area contributed by atoms with E-state index < -0.39 is 0 Å². The van der Waals surface area contributed by atoms with E-state index in [0.717, 1.165) is 22.3 Å². The maximum absolute atomic E-state index is 12.4. The smallest absolute Gasteiger partial charge is 0.263 e. The van der Waals surface area contributed by atoms with Crippen LogP contribution in [-0.2, 0) is 0 Å². The minimum Gasteiger partial charge on any atom is -0.397 e. The van der Waals surface area contributed by atoms with Gasteiger partial charge in [-0.2, -0.15) is 11.8 Å². The van der Waals surface area contributed by atoms with Crippen molar-refractivity contribution in [2.75, 3.05) is 18.0 Å². The van der Waals surface area contributed by atoms with Crippen LogP contribution < -0.4 is 11.1 Å². The summed E-state index contributed by atoms with van der Waals surface area (Å²) in [6.07, 6.45) is 2.38. The summed E-state index contributed by atoms with van der Waals surface area (Å²) in [6.45, 7) is 4.84. The topological polar surface area (TPSA) is 68.0 Å². The zero-order chi connectivity index (χ0) is 15.0. The molecule has 3 heterocycles. The minimum absolute atomic E-state index is 0.0816. The number of hydrogen-bond acceptors (Lipinski definition) is 5. The number of nitrogen functional groups attached to an aromatic ring is 1. The van der Waals surface area contributed by atoms with E-state index in [-0.39, 0.29) is 10.7 Å². The van der Waals surface area contributed by atoms with Crippen LogP contribution in [0.25, 0.3) is 10.2 Å². The Labute approximate surface area is 132 Å². The molecule has 1 unspecified atom stereocenters. The first-order valence-electron chi connectivity index (χ1n) is 7.06. The number of nitrogens with two attached hydrogens (primary N) is 1. The number of aromatic nitrogens is 1. The van der Waals surface area contributed by atoms with Crippen LogP contribution in [0.2, 0.25) is 0 Å². The SMILES string of the molecule is Cc1ccc2c(N)c(C(=O)NCC3(C)CCCS3)sc2n1. The van der Waals surface area contributed by atoms with E-state index in [1.54, 1.807) is 0 Å². The van der Waals surface area contributed by atoms with Crippen molar-refractivity contribution in [2.24, 2.45) is 0 Å². The predicted octanol–water partition coefficient (Wildman–Crippen LogP) is 3.20. The molecule has 1 aliphatic rings. The van der Waals surface area contributed by atoms with Crippen molar-refractivity contribution in [2.45, 2.75) is 31.4 Å². The molecule has 2 aromatic rings. The van der Waals surface area contributed by atoms with Crippen LogP contribution in [0.3, 0.4) is 0 Å². The van der Waals surface area contributed by atoms with Crippen LogP contribution in [0.4, 0.5) is 5.69 Å². The Morgan fingerprint density at radius 2 is 2.33 bits per heavy atom. The van der Waals surface area contributed by atoms with Gasteiger partial charge in [-0.25, -0.2) is 4.98 Å². The molecule has 0 bridgehead atoms. The molecule has 3 N–H and O–H groups in total. The van der Waals surface area contributed by atoms with Gasteiger partial charge in [0.25, 0.3) is 5.91 Å². The number of rotatable bonds is 3. The zero-order valence-electron chi connectivity index (χ0n) is 12.2. The molecule has 112 valence electrons. The van der Waals surface area contributed by atoms with Gasteiger partial charge in [-0.05, 0) is 44.6 Å². The fraction of sp³-hybridized carbons (Fsp3) is 0.467. The molecule has 0 saturated carbocycles. The van der Waals surface area contributed by atoms with Gasteiger partial charge in [0.2, 0.25) is 0 Å². The summed E-state index contributed by atoms with van der Waals surface area (Å²) < 4.78 is 0.163. The third-order valence-corrected chi connectivity index (χ3v) is 6.51. The number of thiophene rings is 1. The molecule has 21 heavy (non-hydrogen) atoms. The summed E-state index contributed by atoms with van der Waals surface area (Å²) in [5, 5.41) is 3.91. The molecule has 2 aromatic heterocycles. The molecule has 1 atom stereocenters. The number of anilines is 1. The summed E-state index contributed by atoms with van der Waals surface area (Å²) >= 11 is 3.31. The van der Waals surface area contributed by atoms with Gasteiger partial charge in [-0.1, -0.05) is 0 Å². The van der Waals surface area contributed by atoms with E-state index in [9.17, 15) is 4.79 Å². The van der Waals surface area contributed by atoms with Crippen molar-refractivity contribution < 1.29 is 4.79 Å². The average molecular weight is 321 g/mol. The predicted molar refractivity (Wildman–Crippen MR) is 91.2 cm³/mol. The molecule has 0 spiro atoms. The molecular weight excluding hydrogens is 302 g/mol. The summed E-state index contributed by atoms with van der Waals surface area (Å²) in [6, 6.07) is 3.86. The van der Waals surface area contributed by atoms with Crippen molar-refractivity contribution in [3.05, 3.63) is 22.7 Å². The van der Waals surface area contributed by atoms with E-state index >= 15 is 0 Å². The summed E-state index contributed by atoms with van der Waals surface area (Å²) in [5.41, 5.74) is 7.59. The Morgan fingerprint density at radius 3 is 3.05 bits per heavy atom. The van der Waals surface area contributed by atoms with Gasteiger partial charge in [-0.15, -0.1) is 11.3 Å². The van der Waals surface area contributed by atoms with E-state index in [2.05, 4.69) is 17.2 Å². The Hall–Kier alpha value is -1.27. The van der Waals surface area contributed by atoms with Gasteiger partial charge < -0.3 is 11.1 Å². The Kier molecular flexibility index (Phi) is 3.84. The molecule has 1 aliphatic heterocycles. The van der Waals surface area contributed by atoms with Crippen molar-refractivity contribution in [3.8, 4) is 0 Å². The minimum atomic E-state index is -0.0816. The molecule has 1 fully saturated rings. The van der Waals surface area contributed by atoms with Crippen LogP contribution in [0.15, 0.2) is 12.1 Å². The Balaban J connectivity index is 1.79. The van der Waals surface area contributed by atoms with Crippen LogP contribution in [-0.4, -0.2) is 27.9 Å². The van der Waals surface area contributed by atoms with Crippen LogP contribution in [0.5, 0.6) is 0 Å². The van der Waals surface area contributed by atoms with E-state index in [1.165, 1.54) is 23.5 Å². The lowest BCUT2D eigenvalue weighted by molar-refractivity contribution is 0.0955. The molecule has 0 aliphatic carbocycles. The maximum atomic E-state index is 12.4. The second-order valence-electron chi connectivity index (χ2n) is 5.73. The molecule has 0 aromatic carbocycles.